The van der Waals surface area contributed by atoms with E-state index < -0.39 is 0 Å². The van der Waals surface area contributed by atoms with Crippen molar-refractivity contribution in [3.63, 3.8) is 0 Å². The average molecular weight is 843 g/mol. The van der Waals surface area contributed by atoms with Crippen LogP contribution in [0.3, 0.4) is 0 Å². The summed E-state index contributed by atoms with van der Waals surface area (Å²) in [5.74, 6) is 0. The fourth-order valence-corrected chi connectivity index (χ4v) is 13.3. The Kier molecular flexibility index (Phi) is 7.24. The second-order valence-corrected chi connectivity index (χ2v) is 18.7. The molecule has 9 aromatic carbocycles. The third kappa shape index (κ3) is 4.77. The predicted octanol–water partition coefficient (Wildman–Crippen LogP) is 11.6. The Balaban J connectivity index is 1.04. The minimum Gasteiger partial charge on any atom is -0.311 e. The molecule has 0 bridgehead atoms. The van der Waals surface area contributed by atoms with Gasteiger partial charge in [0.1, 0.15) is 0 Å². The highest BCUT2D eigenvalue weighted by Gasteiger charge is 2.53. The van der Waals surface area contributed by atoms with Gasteiger partial charge in [-0.2, -0.15) is 11.3 Å². The number of anilines is 12. The summed E-state index contributed by atoms with van der Waals surface area (Å²) in [5.41, 5.74) is 25.0. The van der Waals surface area contributed by atoms with Crippen molar-refractivity contribution in [1.82, 2.24) is 0 Å². The molecule has 0 atom stereocenters. The Morgan fingerprint density at radius 2 is 0.692 bits per heavy atom. The first-order chi connectivity index (χ1) is 32.3. The Morgan fingerprint density at radius 3 is 1.23 bits per heavy atom. The van der Waals surface area contributed by atoms with Gasteiger partial charge in [0.25, 0.3) is 13.4 Å². The van der Waals surface area contributed by atoms with Crippen LogP contribution in [0.1, 0.15) is 0 Å². The SMILES string of the molecule is c1ccc(-c2ccc3c(c2)B2c4sc5c6c4N(c4ccccc4N6c4cccc6c4B5c4ccc(-c5ccccc5)cc4N6c4ccccc4)c4cccc(c42)N3c2ccccc2)cc1. The fraction of sp³-hybridized carbons (Fsp3) is 0. The van der Waals surface area contributed by atoms with Crippen LogP contribution >= 0.6 is 11.3 Å². The standard InChI is InChI=1S/C58H36B2N4S/c1-5-17-37(18-6-1)39-32-34-45-44(35-39)60-54-48(61(45)41-21-9-3-10-22-41)27-15-30-51(54)64-47-26-14-13-25-46(47)63-50-29-16-28-49-53(50)59(57-55(63)56(64)58(60)65-57)43-33-31-40(38-19-7-2-8-20-38)36-52(43)62(49)42-23-11-4-12-24-42/h1-36H. The number of nitrogens with zero attached hydrogens (tertiary/aromatic N) is 4. The maximum Gasteiger partial charge on any atom is 0.264 e. The molecule has 1 aromatic heterocycles. The van der Waals surface area contributed by atoms with Crippen LogP contribution in [0.4, 0.5) is 68.2 Å². The Bertz CT molecular complexity index is 3600. The maximum absolute atomic E-state index is 2.62. The fourth-order valence-electron chi connectivity index (χ4n) is 11.7. The third-order valence-electron chi connectivity index (χ3n) is 14.3. The zero-order valence-corrected chi connectivity index (χ0v) is 36.0. The van der Waals surface area contributed by atoms with E-state index in [4.69, 9.17) is 0 Å². The van der Waals surface area contributed by atoms with E-state index in [0.29, 0.717) is 0 Å². The van der Waals surface area contributed by atoms with Crippen molar-refractivity contribution >= 4 is 124 Å². The Hall–Kier alpha value is -7.99. The summed E-state index contributed by atoms with van der Waals surface area (Å²) in [6.45, 7) is 0.0396. The molecule has 5 aliphatic heterocycles. The molecular formula is C58H36B2N4S. The summed E-state index contributed by atoms with van der Waals surface area (Å²) < 4.78 is 2.80. The molecule has 0 unspecified atom stereocenters. The highest BCUT2D eigenvalue weighted by Crippen LogP contribution is 2.58. The van der Waals surface area contributed by atoms with Gasteiger partial charge < -0.3 is 19.6 Å². The van der Waals surface area contributed by atoms with Gasteiger partial charge in [-0.1, -0.05) is 146 Å². The minimum atomic E-state index is 0.0145. The van der Waals surface area contributed by atoms with Crippen molar-refractivity contribution in [2.75, 3.05) is 19.6 Å². The van der Waals surface area contributed by atoms with E-state index in [2.05, 4.69) is 238 Å². The third-order valence-corrected chi connectivity index (χ3v) is 15.6. The largest absolute Gasteiger partial charge is 0.311 e. The lowest BCUT2D eigenvalue weighted by molar-refractivity contribution is 1.18. The molecule has 0 spiro atoms. The zero-order valence-electron chi connectivity index (χ0n) is 35.1. The van der Waals surface area contributed by atoms with Crippen molar-refractivity contribution in [2.24, 2.45) is 0 Å². The molecule has 5 aliphatic rings. The van der Waals surface area contributed by atoms with Crippen molar-refractivity contribution in [1.29, 1.82) is 0 Å². The van der Waals surface area contributed by atoms with E-state index >= 15 is 0 Å². The van der Waals surface area contributed by atoms with Crippen LogP contribution in [0.25, 0.3) is 22.3 Å². The first-order valence-corrected chi connectivity index (χ1v) is 23.3. The molecule has 0 amide bonds. The van der Waals surface area contributed by atoms with Gasteiger partial charge in [-0.15, -0.1) is 0 Å². The smallest absolute Gasteiger partial charge is 0.264 e. The zero-order chi connectivity index (χ0) is 42.3. The molecule has 65 heavy (non-hydrogen) atoms. The van der Waals surface area contributed by atoms with E-state index in [1.54, 1.807) is 0 Å². The van der Waals surface area contributed by atoms with Gasteiger partial charge in [0.2, 0.25) is 0 Å². The van der Waals surface area contributed by atoms with Crippen LogP contribution in [0.5, 0.6) is 0 Å². The Labute approximate surface area is 382 Å². The lowest BCUT2D eigenvalue weighted by Gasteiger charge is -2.49. The molecule has 10 aromatic rings. The number of hydrogen-bond donors (Lipinski definition) is 0. The van der Waals surface area contributed by atoms with Crippen LogP contribution < -0.4 is 51.0 Å². The van der Waals surface area contributed by atoms with Gasteiger partial charge in [0, 0.05) is 55.1 Å². The van der Waals surface area contributed by atoms with E-state index in [1.807, 2.05) is 11.3 Å². The quantitative estimate of drug-likeness (QED) is 0.164. The van der Waals surface area contributed by atoms with Gasteiger partial charge in [-0.05, 0) is 117 Å². The lowest BCUT2D eigenvalue weighted by atomic mass is 9.35. The predicted molar refractivity (Wildman–Crippen MR) is 277 cm³/mol. The van der Waals surface area contributed by atoms with Crippen LogP contribution in [-0.4, -0.2) is 13.4 Å². The van der Waals surface area contributed by atoms with Gasteiger partial charge in [-0.3, -0.25) is 0 Å². The number of fused-ring (bicyclic) bond motifs is 11. The summed E-state index contributed by atoms with van der Waals surface area (Å²) >= 11 is 2.04. The monoisotopic (exact) mass is 842 g/mol. The van der Waals surface area contributed by atoms with E-state index in [-0.39, 0.29) is 13.4 Å². The van der Waals surface area contributed by atoms with Gasteiger partial charge in [-0.25, -0.2) is 0 Å². The normalized spacial score (nSPS) is 14.0. The van der Waals surface area contributed by atoms with Gasteiger partial charge >= 0.3 is 0 Å². The van der Waals surface area contributed by atoms with Crippen LogP contribution in [0.15, 0.2) is 218 Å². The average Bonchev–Trinajstić information content (AvgIpc) is 3.77. The summed E-state index contributed by atoms with van der Waals surface area (Å²) in [4.78, 5) is 10.3. The molecule has 0 saturated heterocycles. The topological polar surface area (TPSA) is 13.0 Å². The molecule has 300 valence electrons. The maximum atomic E-state index is 2.62. The molecule has 0 aliphatic carbocycles. The summed E-state index contributed by atoms with van der Waals surface area (Å²) in [6, 6.07) is 81.0. The van der Waals surface area contributed by atoms with Crippen molar-refractivity contribution in [2.45, 2.75) is 0 Å². The molecule has 6 heterocycles. The first kappa shape index (κ1) is 35.5. The highest BCUT2D eigenvalue weighted by atomic mass is 32.1. The Morgan fingerprint density at radius 1 is 0.277 bits per heavy atom. The number of benzene rings is 9. The summed E-state index contributed by atoms with van der Waals surface area (Å²) in [6.07, 6.45) is 0. The van der Waals surface area contributed by atoms with Crippen LogP contribution in [-0.2, 0) is 0 Å². The van der Waals surface area contributed by atoms with E-state index in [0.717, 1.165) is 11.4 Å². The minimum absolute atomic E-state index is 0.0145. The number of rotatable bonds is 4. The van der Waals surface area contributed by atoms with Crippen molar-refractivity contribution in [3.8, 4) is 22.3 Å². The highest BCUT2D eigenvalue weighted by molar-refractivity contribution is 7.39. The van der Waals surface area contributed by atoms with Crippen molar-refractivity contribution in [3.05, 3.63) is 218 Å². The van der Waals surface area contributed by atoms with E-state index in [9.17, 15) is 0 Å². The molecule has 15 rings (SSSR count). The summed E-state index contributed by atoms with van der Waals surface area (Å²) in [5, 5.41) is 0. The molecule has 7 heteroatoms. The molecular weight excluding hydrogens is 806 g/mol. The number of hydrogen-bond acceptors (Lipinski definition) is 5. The number of thiophene rings is 1. The number of para-hydroxylation sites is 4. The van der Waals surface area contributed by atoms with Crippen LogP contribution in [0.2, 0.25) is 0 Å². The second kappa shape index (κ2) is 13.3. The molecule has 0 fully saturated rings. The molecule has 0 saturated carbocycles. The van der Waals surface area contributed by atoms with Crippen LogP contribution in [0, 0.1) is 0 Å². The van der Waals surface area contributed by atoms with Gasteiger partial charge in [0.15, 0.2) is 0 Å². The molecule has 0 N–H and O–H groups in total. The molecule has 4 nitrogen and oxygen atoms in total. The van der Waals surface area contributed by atoms with Gasteiger partial charge in [0.05, 0.1) is 22.7 Å². The second-order valence-electron chi connectivity index (χ2n) is 17.6. The van der Waals surface area contributed by atoms with E-state index in [1.165, 1.54) is 111 Å². The first-order valence-electron chi connectivity index (χ1n) is 22.5. The lowest BCUT2D eigenvalue weighted by Crippen LogP contribution is -2.61. The summed E-state index contributed by atoms with van der Waals surface area (Å²) in [7, 11) is 0. The van der Waals surface area contributed by atoms with Crippen molar-refractivity contribution < 1.29 is 0 Å². The molecule has 0 radical (unpaired) electrons.